The van der Waals surface area contributed by atoms with Gasteiger partial charge in [0, 0.05) is 12.0 Å². The van der Waals surface area contributed by atoms with E-state index in [-0.39, 0.29) is 12.3 Å². The van der Waals surface area contributed by atoms with Gasteiger partial charge in [-0.25, -0.2) is 4.79 Å². The lowest BCUT2D eigenvalue weighted by Crippen LogP contribution is -2.28. The van der Waals surface area contributed by atoms with Gasteiger partial charge in [0.25, 0.3) is 0 Å². The van der Waals surface area contributed by atoms with Crippen LogP contribution in [0.25, 0.3) is 0 Å². The van der Waals surface area contributed by atoms with Crippen molar-refractivity contribution in [2.75, 3.05) is 19.8 Å². The molecule has 0 atom stereocenters. The molecule has 0 aromatic rings. The average molecular weight is 240 g/mol. The molecule has 0 amide bonds. The number of esters is 1. The molecular weight excluding hydrogens is 220 g/mol. The lowest BCUT2D eigenvalue weighted by molar-refractivity contribution is -0.140. The second-order valence-electron chi connectivity index (χ2n) is 4.72. The first-order chi connectivity index (χ1) is 8.29. The Hall–Kier alpha value is -0.870. The standard InChI is InChI=1S/C13H20O4/c1-2-12(14)17-9-10-3-5-11(6-4-10)13-15-7-8-16-13/h2,10-11,13H,1,3-9H2. The van der Waals surface area contributed by atoms with Crippen molar-refractivity contribution in [1.29, 1.82) is 0 Å². The number of ether oxygens (including phenoxy) is 3. The monoisotopic (exact) mass is 240 g/mol. The Labute approximate surface area is 102 Å². The Morgan fingerprint density at radius 2 is 1.88 bits per heavy atom. The third-order valence-electron chi connectivity index (χ3n) is 3.55. The van der Waals surface area contributed by atoms with Crippen LogP contribution < -0.4 is 0 Å². The molecule has 2 fully saturated rings. The van der Waals surface area contributed by atoms with Crippen LogP contribution in [0.15, 0.2) is 12.7 Å². The fourth-order valence-electron chi connectivity index (χ4n) is 2.53. The molecule has 2 rings (SSSR count). The summed E-state index contributed by atoms with van der Waals surface area (Å²) < 4.78 is 16.1. The van der Waals surface area contributed by atoms with E-state index >= 15 is 0 Å². The summed E-state index contributed by atoms with van der Waals surface area (Å²) in [6, 6.07) is 0. The van der Waals surface area contributed by atoms with Crippen molar-refractivity contribution in [3.05, 3.63) is 12.7 Å². The van der Waals surface area contributed by atoms with E-state index in [2.05, 4.69) is 6.58 Å². The van der Waals surface area contributed by atoms with Gasteiger partial charge < -0.3 is 14.2 Å². The third kappa shape index (κ3) is 3.54. The van der Waals surface area contributed by atoms with E-state index in [1.54, 1.807) is 0 Å². The maximum atomic E-state index is 10.9. The highest BCUT2D eigenvalue weighted by atomic mass is 16.7. The van der Waals surface area contributed by atoms with Gasteiger partial charge in [0.1, 0.15) is 0 Å². The van der Waals surface area contributed by atoms with E-state index in [4.69, 9.17) is 14.2 Å². The molecule has 1 saturated carbocycles. The van der Waals surface area contributed by atoms with Crippen LogP contribution in [-0.2, 0) is 19.0 Å². The van der Waals surface area contributed by atoms with Crippen LogP contribution >= 0.6 is 0 Å². The Morgan fingerprint density at radius 3 is 2.47 bits per heavy atom. The van der Waals surface area contributed by atoms with Crippen LogP contribution in [0.4, 0.5) is 0 Å². The fourth-order valence-corrected chi connectivity index (χ4v) is 2.53. The average Bonchev–Trinajstić information content (AvgIpc) is 2.90. The molecular formula is C13H20O4. The van der Waals surface area contributed by atoms with Gasteiger partial charge in [-0.3, -0.25) is 0 Å². The Kier molecular flexibility index (Phi) is 4.57. The molecule has 0 aromatic heterocycles. The lowest BCUT2D eigenvalue weighted by Gasteiger charge is -2.30. The number of carbonyl (C=O) groups excluding carboxylic acids is 1. The minimum Gasteiger partial charge on any atom is -0.462 e. The van der Waals surface area contributed by atoms with Crippen molar-refractivity contribution < 1.29 is 19.0 Å². The van der Waals surface area contributed by atoms with Crippen molar-refractivity contribution in [3.63, 3.8) is 0 Å². The molecule has 4 heteroatoms. The van der Waals surface area contributed by atoms with E-state index in [0.717, 1.165) is 38.9 Å². The zero-order valence-electron chi connectivity index (χ0n) is 10.1. The zero-order chi connectivity index (χ0) is 12.1. The summed E-state index contributed by atoms with van der Waals surface area (Å²) in [6.45, 7) is 5.35. The van der Waals surface area contributed by atoms with E-state index in [1.807, 2.05) is 0 Å². The molecule has 0 unspecified atom stereocenters. The predicted octanol–water partition coefficient (Wildman–Crippen LogP) is 1.89. The highest BCUT2D eigenvalue weighted by Crippen LogP contribution is 2.33. The molecule has 4 nitrogen and oxygen atoms in total. The van der Waals surface area contributed by atoms with Crippen LogP contribution in [0.3, 0.4) is 0 Å². The Morgan fingerprint density at radius 1 is 1.24 bits per heavy atom. The number of carbonyl (C=O) groups is 1. The zero-order valence-corrected chi connectivity index (χ0v) is 10.1. The first-order valence-electron chi connectivity index (χ1n) is 6.32. The summed E-state index contributed by atoms with van der Waals surface area (Å²) in [4.78, 5) is 10.9. The van der Waals surface area contributed by atoms with Gasteiger partial charge in [-0.05, 0) is 31.6 Å². The van der Waals surface area contributed by atoms with Crippen molar-refractivity contribution in [3.8, 4) is 0 Å². The topological polar surface area (TPSA) is 44.8 Å². The minimum atomic E-state index is -0.324. The number of hydrogen-bond acceptors (Lipinski definition) is 4. The van der Waals surface area contributed by atoms with Gasteiger partial charge >= 0.3 is 5.97 Å². The molecule has 96 valence electrons. The van der Waals surface area contributed by atoms with Gasteiger partial charge in [0.15, 0.2) is 6.29 Å². The first-order valence-corrected chi connectivity index (χ1v) is 6.32. The summed E-state index contributed by atoms with van der Waals surface area (Å²) in [5, 5.41) is 0. The van der Waals surface area contributed by atoms with E-state index < -0.39 is 0 Å². The molecule has 0 spiro atoms. The van der Waals surface area contributed by atoms with E-state index in [0.29, 0.717) is 18.4 Å². The first kappa shape index (κ1) is 12.6. The highest BCUT2D eigenvalue weighted by Gasteiger charge is 2.31. The summed E-state index contributed by atoms with van der Waals surface area (Å²) in [7, 11) is 0. The van der Waals surface area contributed by atoms with Crippen LogP contribution in [0, 0.1) is 11.8 Å². The van der Waals surface area contributed by atoms with Gasteiger partial charge in [0.2, 0.25) is 0 Å². The van der Waals surface area contributed by atoms with E-state index in [9.17, 15) is 4.79 Å². The fraction of sp³-hybridized carbons (Fsp3) is 0.769. The number of hydrogen-bond donors (Lipinski definition) is 0. The molecule has 1 aliphatic carbocycles. The molecule has 0 aromatic carbocycles. The third-order valence-corrected chi connectivity index (χ3v) is 3.55. The second kappa shape index (κ2) is 6.17. The van der Waals surface area contributed by atoms with Crippen molar-refractivity contribution in [2.24, 2.45) is 11.8 Å². The van der Waals surface area contributed by atoms with Crippen molar-refractivity contribution in [1.82, 2.24) is 0 Å². The predicted molar refractivity (Wildman–Crippen MR) is 62.3 cm³/mol. The van der Waals surface area contributed by atoms with Gasteiger partial charge in [0.05, 0.1) is 19.8 Å². The molecule has 0 radical (unpaired) electrons. The molecule has 1 heterocycles. The largest absolute Gasteiger partial charge is 0.462 e. The minimum absolute atomic E-state index is 0.00618. The highest BCUT2D eigenvalue weighted by molar-refractivity contribution is 5.81. The SMILES string of the molecule is C=CC(=O)OCC1CCC(C2OCCO2)CC1. The van der Waals surface area contributed by atoms with Crippen LogP contribution in [0.2, 0.25) is 0 Å². The summed E-state index contributed by atoms with van der Waals surface area (Å²) in [5.74, 6) is 0.676. The quantitative estimate of drug-likeness (QED) is 0.556. The van der Waals surface area contributed by atoms with Gasteiger partial charge in [-0.1, -0.05) is 6.58 Å². The van der Waals surface area contributed by atoms with Crippen molar-refractivity contribution >= 4 is 5.97 Å². The van der Waals surface area contributed by atoms with Gasteiger partial charge in [-0.2, -0.15) is 0 Å². The smallest absolute Gasteiger partial charge is 0.330 e. The van der Waals surface area contributed by atoms with Crippen LogP contribution in [-0.4, -0.2) is 32.1 Å². The molecule has 17 heavy (non-hydrogen) atoms. The molecule has 1 aliphatic heterocycles. The molecule has 1 saturated heterocycles. The summed E-state index contributed by atoms with van der Waals surface area (Å²) in [6.07, 6.45) is 5.58. The summed E-state index contributed by atoms with van der Waals surface area (Å²) >= 11 is 0. The van der Waals surface area contributed by atoms with Gasteiger partial charge in [-0.15, -0.1) is 0 Å². The molecule has 2 aliphatic rings. The van der Waals surface area contributed by atoms with Crippen LogP contribution in [0.5, 0.6) is 0 Å². The Balaban J connectivity index is 1.66. The lowest BCUT2D eigenvalue weighted by atomic mass is 9.82. The number of rotatable bonds is 4. The molecule has 0 bridgehead atoms. The second-order valence-corrected chi connectivity index (χ2v) is 4.72. The Bertz CT molecular complexity index is 263. The van der Waals surface area contributed by atoms with E-state index in [1.165, 1.54) is 6.08 Å². The summed E-state index contributed by atoms with van der Waals surface area (Å²) in [5.41, 5.74) is 0. The maximum absolute atomic E-state index is 10.9. The van der Waals surface area contributed by atoms with Crippen molar-refractivity contribution in [2.45, 2.75) is 32.0 Å². The normalized spacial score (nSPS) is 30.1. The van der Waals surface area contributed by atoms with Crippen LogP contribution in [0.1, 0.15) is 25.7 Å². The maximum Gasteiger partial charge on any atom is 0.330 e. The molecule has 0 N–H and O–H groups in total.